The van der Waals surface area contributed by atoms with Crippen LogP contribution in [0.3, 0.4) is 0 Å². The quantitative estimate of drug-likeness (QED) is 0.855. The van der Waals surface area contributed by atoms with Gasteiger partial charge in [-0.2, -0.15) is 0 Å². The van der Waals surface area contributed by atoms with Gasteiger partial charge in [0.05, 0.1) is 12.6 Å². The van der Waals surface area contributed by atoms with Gasteiger partial charge in [-0.05, 0) is 55.4 Å². The van der Waals surface area contributed by atoms with Gasteiger partial charge in [-0.1, -0.05) is 13.0 Å². The van der Waals surface area contributed by atoms with E-state index >= 15 is 0 Å². The second-order valence-electron chi connectivity index (χ2n) is 4.95. The van der Waals surface area contributed by atoms with E-state index in [2.05, 4.69) is 11.4 Å². The van der Waals surface area contributed by atoms with E-state index in [0.717, 1.165) is 19.3 Å². The highest BCUT2D eigenvalue weighted by Gasteiger charge is 2.14. The van der Waals surface area contributed by atoms with Gasteiger partial charge in [0.15, 0.2) is 0 Å². The third kappa shape index (κ3) is 2.91. The van der Waals surface area contributed by atoms with E-state index in [1.54, 1.807) is 0 Å². The Balaban J connectivity index is 2.11. The fourth-order valence-corrected chi connectivity index (χ4v) is 2.42. The Kier molecular flexibility index (Phi) is 4.37. The first-order chi connectivity index (χ1) is 8.74. The average molecular weight is 247 g/mol. The van der Waals surface area contributed by atoms with E-state index in [0.29, 0.717) is 5.56 Å². The second kappa shape index (κ2) is 6.01. The van der Waals surface area contributed by atoms with Crippen LogP contribution in [-0.2, 0) is 12.8 Å². The maximum Gasteiger partial charge on any atom is 0.251 e. The highest BCUT2D eigenvalue weighted by Crippen LogP contribution is 2.22. The van der Waals surface area contributed by atoms with Crippen molar-refractivity contribution in [1.82, 2.24) is 5.32 Å². The summed E-state index contributed by atoms with van der Waals surface area (Å²) in [4.78, 5) is 12.0. The van der Waals surface area contributed by atoms with Crippen LogP contribution in [0.15, 0.2) is 18.2 Å². The van der Waals surface area contributed by atoms with Gasteiger partial charge in [0.2, 0.25) is 0 Å². The number of carbonyl (C=O) groups excluding carboxylic acids is 1. The molecule has 0 aliphatic heterocycles. The van der Waals surface area contributed by atoms with Crippen molar-refractivity contribution < 1.29 is 9.90 Å². The van der Waals surface area contributed by atoms with E-state index in [1.807, 2.05) is 19.1 Å². The summed E-state index contributed by atoms with van der Waals surface area (Å²) in [6.45, 7) is 1.95. The zero-order chi connectivity index (χ0) is 13.0. The SMILES string of the molecule is CC[C@H](CO)NC(=O)c1ccc2c(c1)CCCC2. The number of hydrogen-bond acceptors (Lipinski definition) is 2. The molecular weight excluding hydrogens is 226 g/mol. The summed E-state index contributed by atoms with van der Waals surface area (Å²) in [6.07, 6.45) is 5.42. The zero-order valence-electron chi connectivity index (χ0n) is 10.9. The van der Waals surface area contributed by atoms with Crippen molar-refractivity contribution in [3.63, 3.8) is 0 Å². The minimum Gasteiger partial charge on any atom is -0.394 e. The molecular formula is C15H21NO2. The molecule has 0 fully saturated rings. The first-order valence-corrected chi connectivity index (χ1v) is 6.78. The van der Waals surface area contributed by atoms with Crippen LogP contribution in [0.2, 0.25) is 0 Å². The molecule has 3 heteroatoms. The highest BCUT2D eigenvalue weighted by atomic mass is 16.3. The Morgan fingerprint density at radius 1 is 1.33 bits per heavy atom. The molecule has 0 heterocycles. The molecule has 0 saturated carbocycles. The van der Waals surface area contributed by atoms with Crippen molar-refractivity contribution in [2.45, 2.75) is 45.1 Å². The van der Waals surface area contributed by atoms with Gasteiger partial charge in [-0.15, -0.1) is 0 Å². The molecule has 18 heavy (non-hydrogen) atoms. The first kappa shape index (κ1) is 13.1. The molecule has 3 nitrogen and oxygen atoms in total. The summed E-state index contributed by atoms with van der Waals surface area (Å²) in [5.41, 5.74) is 3.40. The maximum absolute atomic E-state index is 12.0. The molecule has 2 N–H and O–H groups in total. The predicted octanol–water partition coefficient (Wildman–Crippen LogP) is 2.07. The van der Waals surface area contributed by atoms with Gasteiger partial charge in [0.25, 0.3) is 5.91 Å². The van der Waals surface area contributed by atoms with Crippen LogP contribution in [0, 0.1) is 0 Å². The lowest BCUT2D eigenvalue weighted by Gasteiger charge is -2.18. The van der Waals surface area contributed by atoms with Crippen molar-refractivity contribution in [2.24, 2.45) is 0 Å². The molecule has 0 aromatic heterocycles. The average Bonchev–Trinajstić information content (AvgIpc) is 2.44. The summed E-state index contributed by atoms with van der Waals surface area (Å²) >= 11 is 0. The molecule has 1 aromatic carbocycles. The van der Waals surface area contributed by atoms with Crippen molar-refractivity contribution >= 4 is 5.91 Å². The van der Waals surface area contributed by atoms with E-state index in [1.165, 1.54) is 24.0 Å². The molecule has 1 aromatic rings. The van der Waals surface area contributed by atoms with Crippen LogP contribution in [0.1, 0.15) is 47.7 Å². The first-order valence-electron chi connectivity index (χ1n) is 6.78. The molecule has 98 valence electrons. The summed E-state index contributed by atoms with van der Waals surface area (Å²) in [6, 6.07) is 5.83. The Morgan fingerprint density at radius 3 is 2.72 bits per heavy atom. The number of aliphatic hydroxyl groups is 1. The van der Waals surface area contributed by atoms with Gasteiger partial charge in [-0.25, -0.2) is 0 Å². The minimum absolute atomic E-state index is 0.00677. The Bertz CT molecular complexity index is 425. The van der Waals surface area contributed by atoms with Crippen LogP contribution < -0.4 is 5.32 Å². The highest BCUT2D eigenvalue weighted by molar-refractivity contribution is 5.94. The number of hydrogen-bond donors (Lipinski definition) is 2. The van der Waals surface area contributed by atoms with E-state index in [9.17, 15) is 4.79 Å². The van der Waals surface area contributed by atoms with Crippen LogP contribution in [0.5, 0.6) is 0 Å². The Labute approximate surface area is 108 Å². The smallest absolute Gasteiger partial charge is 0.251 e. The number of amides is 1. The molecule has 2 rings (SSSR count). The molecule has 1 aliphatic rings. The van der Waals surface area contributed by atoms with Crippen molar-refractivity contribution in [3.8, 4) is 0 Å². The number of rotatable bonds is 4. The maximum atomic E-state index is 12.0. The summed E-state index contributed by atoms with van der Waals surface area (Å²) < 4.78 is 0. The van der Waals surface area contributed by atoms with Crippen molar-refractivity contribution in [1.29, 1.82) is 0 Å². The van der Waals surface area contributed by atoms with E-state index in [4.69, 9.17) is 5.11 Å². The largest absolute Gasteiger partial charge is 0.394 e. The third-order valence-electron chi connectivity index (χ3n) is 3.66. The van der Waals surface area contributed by atoms with Crippen molar-refractivity contribution in [3.05, 3.63) is 34.9 Å². The summed E-state index contributed by atoms with van der Waals surface area (Å²) in [5, 5.41) is 11.9. The number of fused-ring (bicyclic) bond motifs is 1. The van der Waals surface area contributed by atoms with Gasteiger partial charge in [-0.3, -0.25) is 4.79 Å². The van der Waals surface area contributed by atoms with Crippen LogP contribution in [0.25, 0.3) is 0 Å². The second-order valence-corrected chi connectivity index (χ2v) is 4.95. The molecule has 1 atom stereocenters. The van der Waals surface area contributed by atoms with Crippen molar-refractivity contribution in [2.75, 3.05) is 6.61 Å². The molecule has 1 amide bonds. The lowest BCUT2D eigenvalue weighted by Crippen LogP contribution is -2.37. The van der Waals surface area contributed by atoms with Crippen LogP contribution in [-0.4, -0.2) is 23.7 Å². The monoisotopic (exact) mass is 247 g/mol. The minimum atomic E-state index is -0.145. The number of nitrogens with one attached hydrogen (secondary N) is 1. The lowest BCUT2D eigenvalue weighted by atomic mass is 9.90. The molecule has 1 aliphatic carbocycles. The normalized spacial score (nSPS) is 15.9. The summed E-state index contributed by atoms with van der Waals surface area (Å²) in [5.74, 6) is -0.0794. The topological polar surface area (TPSA) is 49.3 Å². The lowest BCUT2D eigenvalue weighted by molar-refractivity contribution is 0.0915. The molecule has 0 spiro atoms. The molecule has 0 bridgehead atoms. The molecule has 0 saturated heterocycles. The molecule has 0 radical (unpaired) electrons. The Morgan fingerprint density at radius 2 is 2.06 bits per heavy atom. The number of aryl methyl sites for hydroxylation is 2. The number of benzene rings is 1. The van der Waals surface area contributed by atoms with Gasteiger partial charge in [0.1, 0.15) is 0 Å². The standard InChI is InChI=1S/C15H21NO2/c1-2-14(10-17)16-15(18)13-8-7-11-5-3-4-6-12(11)9-13/h7-9,14,17H,2-6,10H2,1H3,(H,16,18)/t14-/m1/s1. The zero-order valence-corrected chi connectivity index (χ0v) is 10.9. The Hall–Kier alpha value is -1.35. The van der Waals surface area contributed by atoms with Gasteiger partial charge in [0, 0.05) is 5.56 Å². The predicted molar refractivity (Wildman–Crippen MR) is 71.7 cm³/mol. The number of carbonyl (C=O) groups is 1. The summed E-state index contributed by atoms with van der Waals surface area (Å²) in [7, 11) is 0. The third-order valence-corrected chi connectivity index (χ3v) is 3.66. The van der Waals surface area contributed by atoms with Crippen LogP contribution >= 0.6 is 0 Å². The van der Waals surface area contributed by atoms with Gasteiger partial charge < -0.3 is 10.4 Å². The van der Waals surface area contributed by atoms with E-state index in [-0.39, 0.29) is 18.6 Å². The molecule has 0 unspecified atom stereocenters. The van der Waals surface area contributed by atoms with E-state index < -0.39 is 0 Å². The van der Waals surface area contributed by atoms with Crippen LogP contribution in [0.4, 0.5) is 0 Å². The fraction of sp³-hybridized carbons (Fsp3) is 0.533. The fourth-order valence-electron chi connectivity index (χ4n) is 2.42. The number of aliphatic hydroxyl groups excluding tert-OH is 1. The van der Waals surface area contributed by atoms with Gasteiger partial charge >= 0.3 is 0 Å².